The molecule has 0 aliphatic heterocycles. The van der Waals surface area contributed by atoms with Crippen LogP contribution in [0, 0.1) is 0 Å². The Kier molecular flexibility index (Phi) is 4.50. The van der Waals surface area contributed by atoms with E-state index in [1.54, 1.807) is 0 Å². The quantitative estimate of drug-likeness (QED) is 0.291. The summed E-state index contributed by atoms with van der Waals surface area (Å²) in [7, 11) is 14.9. The van der Waals surface area contributed by atoms with Gasteiger partial charge in [0.1, 0.15) is 0 Å². The Morgan fingerprint density at radius 2 is 1.22 bits per heavy atom. The van der Waals surface area contributed by atoms with Crippen LogP contribution < -0.4 is 0 Å². The molecule has 3 heteroatoms. The molecule has 2 aliphatic rings. The van der Waals surface area contributed by atoms with Crippen LogP contribution in [-0.4, -0.2) is 0 Å². The van der Waals surface area contributed by atoms with Crippen molar-refractivity contribution in [2.24, 2.45) is 0 Å². The number of hydrogen-bond donors (Lipinski definition) is 0. The Balaban J connectivity index is 1.64. The zero-order chi connectivity index (χ0) is 18.4. The van der Waals surface area contributed by atoms with Crippen molar-refractivity contribution in [2.75, 3.05) is 0 Å². The van der Waals surface area contributed by atoms with Crippen LogP contribution in [0.25, 0.3) is 16.7 Å². The molecule has 0 amide bonds. The fraction of sp³-hybridized carbons (Fsp3) is 0.0833. The third kappa shape index (κ3) is 2.83. The molecule has 3 aromatic carbocycles. The van der Waals surface area contributed by atoms with Crippen molar-refractivity contribution in [2.45, 2.75) is 7.35 Å². The molecule has 0 N–H and O–H groups in total. The second kappa shape index (κ2) is 6.88. The fourth-order valence-electron chi connectivity index (χ4n) is 4.47. The summed E-state index contributed by atoms with van der Waals surface area (Å²) in [4.78, 5) is 0. The second-order valence-electron chi connectivity index (χ2n) is 7.13. The molecule has 3 aromatic rings. The predicted molar refractivity (Wildman–Crippen MR) is 113 cm³/mol. The van der Waals surface area contributed by atoms with Gasteiger partial charge in [0.25, 0.3) is 0 Å². The molecule has 1 unspecified atom stereocenters. The summed E-state index contributed by atoms with van der Waals surface area (Å²) in [6.07, 6.45) is 6.54. The fourth-order valence-corrected chi connectivity index (χ4v) is 21.3. The number of rotatable bonds is 3. The summed E-state index contributed by atoms with van der Waals surface area (Å²) in [5.41, 5.74) is 7.67. The Morgan fingerprint density at radius 1 is 0.667 bits per heavy atom. The summed E-state index contributed by atoms with van der Waals surface area (Å²) in [5.74, 6) is 0. The molecule has 0 saturated heterocycles. The molecule has 5 rings (SSSR count). The summed E-state index contributed by atoms with van der Waals surface area (Å²) in [5, 5.41) is 0. The predicted octanol–water partition coefficient (Wildman–Crippen LogP) is 7.66. The minimum atomic E-state index is -3.88. The molecular formula is C24H18Cl2Hf. The van der Waals surface area contributed by atoms with Gasteiger partial charge in [-0.15, -0.1) is 0 Å². The number of hydrogen-bond acceptors (Lipinski definition) is 0. The van der Waals surface area contributed by atoms with Gasteiger partial charge in [-0.2, -0.15) is 0 Å². The average molecular weight is 556 g/mol. The third-order valence-corrected chi connectivity index (χ3v) is 22.9. The SMILES string of the molecule is [Cl][Hf]([Cl])([CH]1C=CC=C1c1ccccc1)[CH]1c2ccccc2-c2ccccc21. The van der Waals surface area contributed by atoms with Crippen LogP contribution in [0.1, 0.15) is 20.4 Å². The van der Waals surface area contributed by atoms with Crippen LogP contribution >= 0.6 is 17.2 Å². The van der Waals surface area contributed by atoms with Crippen LogP contribution in [0.15, 0.2) is 97.1 Å². The van der Waals surface area contributed by atoms with E-state index >= 15 is 0 Å². The first-order chi connectivity index (χ1) is 13.2. The molecule has 0 radical (unpaired) electrons. The Labute approximate surface area is 171 Å². The number of allylic oxidation sites excluding steroid dienone is 4. The van der Waals surface area contributed by atoms with E-state index in [-0.39, 0.29) is 7.35 Å². The summed E-state index contributed by atoms with van der Waals surface area (Å²) in [6.45, 7) is 0. The monoisotopic (exact) mass is 556 g/mol. The van der Waals surface area contributed by atoms with Crippen LogP contribution in [0.2, 0.25) is 3.67 Å². The van der Waals surface area contributed by atoms with Gasteiger partial charge in [-0.3, -0.25) is 0 Å². The molecule has 0 heterocycles. The molecule has 0 saturated carbocycles. The molecule has 2 aliphatic carbocycles. The topological polar surface area (TPSA) is 0 Å². The van der Waals surface area contributed by atoms with Gasteiger partial charge in [0.15, 0.2) is 0 Å². The molecular weight excluding hydrogens is 538 g/mol. The third-order valence-electron chi connectivity index (χ3n) is 5.65. The molecule has 1 atom stereocenters. The molecule has 27 heavy (non-hydrogen) atoms. The van der Waals surface area contributed by atoms with Crippen LogP contribution in [0.4, 0.5) is 0 Å². The van der Waals surface area contributed by atoms with Crippen molar-refractivity contribution in [3.8, 4) is 11.1 Å². The molecule has 0 bridgehead atoms. The Morgan fingerprint density at radius 3 is 1.85 bits per heavy atom. The van der Waals surface area contributed by atoms with Gasteiger partial charge in [-0.05, 0) is 0 Å². The van der Waals surface area contributed by atoms with Gasteiger partial charge < -0.3 is 0 Å². The van der Waals surface area contributed by atoms with E-state index in [9.17, 15) is 0 Å². The van der Waals surface area contributed by atoms with E-state index in [4.69, 9.17) is 17.2 Å². The van der Waals surface area contributed by atoms with E-state index < -0.39 is 17.6 Å². The second-order valence-corrected chi connectivity index (χ2v) is 28.1. The average Bonchev–Trinajstić information content (AvgIpc) is 3.32. The van der Waals surface area contributed by atoms with Crippen molar-refractivity contribution in [1.82, 2.24) is 0 Å². The molecule has 0 nitrogen and oxygen atoms in total. The normalized spacial score (nSPS) is 18.3. The zero-order valence-electron chi connectivity index (χ0n) is 14.6. The standard InChI is InChI=1S/C13H9.C11H9.2ClH.Hf/c1-3-7-12-10(5-1)9-11-6-2-4-8-13(11)12;1-2-6-10(7-3-1)11-8-4-5-9-11;;;/h1-9H;1-9H;2*1H;/q;;;;+2/p-2. The summed E-state index contributed by atoms with van der Waals surface area (Å²) in [6, 6.07) is 27.7. The van der Waals surface area contributed by atoms with E-state index in [2.05, 4.69) is 91.0 Å². The van der Waals surface area contributed by atoms with Gasteiger partial charge in [-0.25, -0.2) is 0 Å². The van der Waals surface area contributed by atoms with E-state index in [0.717, 1.165) is 0 Å². The van der Waals surface area contributed by atoms with Gasteiger partial charge in [0, 0.05) is 0 Å². The molecule has 0 fully saturated rings. The minimum absolute atomic E-state index is 0.146. The van der Waals surface area contributed by atoms with Gasteiger partial charge in [0.05, 0.1) is 0 Å². The van der Waals surface area contributed by atoms with Crippen molar-refractivity contribution >= 4 is 22.7 Å². The van der Waals surface area contributed by atoms with Gasteiger partial charge >= 0.3 is 173 Å². The maximum absolute atomic E-state index is 7.44. The molecule has 132 valence electrons. The first kappa shape index (κ1) is 17.7. The van der Waals surface area contributed by atoms with E-state index in [0.29, 0.717) is 0 Å². The summed E-state index contributed by atoms with van der Waals surface area (Å²) < 4.78 is 0.292. The van der Waals surface area contributed by atoms with Crippen molar-refractivity contribution in [1.29, 1.82) is 0 Å². The first-order valence-corrected chi connectivity index (χ1v) is 22.2. The van der Waals surface area contributed by atoms with Crippen molar-refractivity contribution < 1.29 is 17.6 Å². The molecule has 0 spiro atoms. The van der Waals surface area contributed by atoms with Gasteiger partial charge in [-0.1, -0.05) is 0 Å². The van der Waals surface area contributed by atoms with E-state index in [1.165, 1.54) is 33.4 Å². The number of halogens is 2. The number of fused-ring (bicyclic) bond motifs is 3. The Hall–Kier alpha value is -1.41. The zero-order valence-corrected chi connectivity index (χ0v) is 19.8. The number of benzene rings is 3. The Bertz CT molecular complexity index is 1020. The van der Waals surface area contributed by atoms with Crippen LogP contribution in [-0.2, 0) is 17.6 Å². The summed E-state index contributed by atoms with van der Waals surface area (Å²) >= 11 is -3.88. The van der Waals surface area contributed by atoms with Crippen LogP contribution in [0.3, 0.4) is 0 Å². The van der Waals surface area contributed by atoms with Crippen molar-refractivity contribution in [3.05, 3.63) is 114 Å². The van der Waals surface area contributed by atoms with Crippen molar-refractivity contribution in [3.63, 3.8) is 0 Å². The maximum atomic E-state index is 7.44. The van der Waals surface area contributed by atoms with Crippen LogP contribution in [0.5, 0.6) is 0 Å². The van der Waals surface area contributed by atoms with E-state index in [1.807, 2.05) is 6.07 Å². The first-order valence-electron chi connectivity index (χ1n) is 9.18. The van der Waals surface area contributed by atoms with Gasteiger partial charge in [0.2, 0.25) is 0 Å². The molecule has 0 aromatic heterocycles.